The van der Waals surface area contributed by atoms with Crippen molar-refractivity contribution in [1.82, 2.24) is 24.8 Å². The van der Waals surface area contributed by atoms with Crippen LogP contribution in [0.1, 0.15) is 6.42 Å². The molecule has 0 bridgehead atoms. The van der Waals surface area contributed by atoms with E-state index >= 15 is 0 Å². The standard InChI is InChI=1S/C21H18BrFN6O/c22-15-4-5-17(16(23)13-15)28-21(30)26-9-2-12-29-19(14-6-10-24-11-7-14)27-18-3-1-8-25-20(18)29/h1,3-8,10-11,13H,2,9,12H2,(H2,26,28,30). The lowest BCUT2D eigenvalue weighted by atomic mass is 10.2. The number of nitrogens with zero attached hydrogens (tertiary/aromatic N) is 4. The van der Waals surface area contributed by atoms with Crippen LogP contribution in [0, 0.1) is 5.82 Å². The van der Waals surface area contributed by atoms with E-state index in [1.165, 1.54) is 12.1 Å². The minimum Gasteiger partial charge on any atom is -0.338 e. The van der Waals surface area contributed by atoms with Gasteiger partial charge in [0.2, 0.25) is 0 Å². The number of pyridine rings is 2. The number of carbonyl (C=O) groups excluding carboxylic acids is 1. The molecule has 2 amide bonds. The number of amides is 2. The van der Waals surface area contributed by atoms with Gasteiger partial charge in [-0.3, -0.25) is 4.98 Å². The number of benzene rings is 1. The molecule has 0 radical (unpaired) electrons. The number of hydrogen-bond acceptors (Lipinski definition) is 4. The summed E-state index contributed by atoms with van der Waals surface area (Å²) in [6.07, 6.45) is 5.82. The van der Waals surface area contributed by atoms with Crippen LogP contribution in [0.15, 0.2) is 65.5 Å². The van der Waals surface area contributed by atoms with Crippen molar-refractivity contribution < 1.29 is 9.18 Å². The first-order chi connectivity index (χ1) is 14.6. The number of carbonyl (C=O) groups is 1. The summed E-state index contributed by atoms with van der Waals surface area (Å²) in [5.41, 5.74) is 2.66. The van der Waals surface area contributed by atoms with Crippen LogP contribution in [0.3, 0.4) is 0 Å². The van der Waals surface area contributed by atoms with Gasteiger partial charge in [-0.05, 0) is 48.9 Å². The number of anilines is 1. The molecular weight excluding hydrogens is 451 g/mol. The molecule has 4 aromatic rings. The van der Waals surface area contributed by atoms with Crippen molar-refractivity contribution >= 4 is 38.8 Å². The topological polar surface area (TPSA) is 84.7 Å². The van der Waals surface area contributed by atoms with Gasteiger partial charge in [-0.25, -0.2) is 19.2 Å². The van der Waals surface area contributed by atoms with Gasteiger partial charge in [-0.1, -0.05) is 15.9 Å². The van der Waals surface area contributed by atoms with E-state index in [0.29, 0.717) is 24.0 Å². The van der Waals surface area contributed by atoms with Crippen LogP contribution in [0.25, 0.3) is 22.6 Å². The maximum atomic E-state index is 13.8. The van der Waals surface area contributed by atoms with Crippen LogP contribution in [0.2, 0.25) is 0 Å². The number of halogens is 2. The lowest BCUT2D eigenvalue weighted by molar-refractivity contribution is 0.251. The highest BCUT2D eigenvalue weighted by Crippen LogP contribution is 2.23. The maximum Gasteiger partial charge on any atom is 0.319 e. The predicted octanol–water partition coefficient (Wildman–Crippen LogP) is 4.61. The number of nitrogens with one attached hydrogen (secondary N) is 2. The molecule has 0 saturated carbocycles. The van der Waals surface area contributed by atoms with Gasteiger partial charge in [0.25, 0.3) is 0 Å². The molecule has 30 heavy (non-hydrogen) atoms. The molecular formula is C21H18BrFN6O. The predicted molar refractivity (Wildman–Crippen MR) is 116 cm³/mol. The monoisotopic (exact) mass is 468 g/mol. The molecule has 3 aromatic heterocycles. The van der Waals surface area contributed by atoms with Crippen LogP contribution >= 0.6 is 15.9 Å². The fourth-order valence-electron chi connectivity index (χ4n) is 3.09. The molecule has 7 nitrogen and oxygen atoms in total. The van der Waals surface area contributed by atoms with Crippen LogP contribution in [-0.4, -0.2) is 32.1 Å². The second-order valence-electron chi connectivity index (χ2n) is 6.53. The molecule has 0 spiro atoms. The number of urea groups is 1. The first-order valence-electron chi connectivity index (χ1n) is 9.33. The molecule has 0 atom stereocenters. The van der Waals surface area contributed by atoms with Gasteiger partial charge in [0, 0.05) is 41.7 Å². The molecule has 3 heterocycles. The fraction of sp³-hybridized carbons (Fsp3) is 0.143. The van der Waals surface area contributed by atoms with Gasteiger partial charge in [-0.2, -0.15) is 0 Å². The maximum absolute atomic E-state index is 13.8. The summed E-state index contributed by atoms with van der Waals surface area (Å²) in [5, 5.41) is 5.26. The first kappa shape index (κ1) is 20.0. The van der Waals surface area contributed by atoms with Gasteiger partial charge in [0.15, 0.2) is 5.65 Å². The smallest absolute Gasteiger partial charge is 0.319 e. The van der Waals surface area contributed by atoms with Crippen molar-refractivity contribution in [3.63, 3.8) is 0 Å². The van der Waals surface area contributed by atoms with E-state index in [0.717, 1.165) is 22.6 Å². The van der Waals surface area contributed by atoms with Crippen molar-refractivity contribution in [2.24, 2.45) is 0 Å². The first-order valence-corrected chi connectivity index (χ1v) is 10.1. The molecule has 1 aromatic carbocycles. The zero-order valence-corrected chi connectivity index (χ0v) is 17.4. The van der Waals surface area contributed by atoms with E-state index in [9.17, 15) is 9.18 Å². The van der Waals surface area contributed by atoms with Crippen molar-refractivity contribution in [3.8, 4) is 11.4 Å². The summed E-state index contributed by atoms with van der Waals surface area (Å²) < 4.78 is 16.5. The Balaban J connectivity index is 1.41. The molecule has 152 valence electrons. The van der Waals surface area contributed by atoms with Crippen LogP contribution in [0.5, 0.6) is 0 Å². The van der Waals surface area contributed by atoms with E-state index < -0.39 is 11.8 Å². The number of hydrogen-bond donors (Lipinski definition) is 2. The molecule has 0 aliphatic carbocycles. The Morgan fingerprint density at radius 3 is 2.77 bits per heavy atom. The SMILES string of the molecule is O=C(NCCCn1c(-c2ccncc2)nc2cccnc21)Nc1ccc(Br)cc1F. The summed E-state index contributed by atoms with van der Waals surface area (Å²) >= 11 is 3.19. The molecule has 4 rings (SSSR count). The number of aromatic nitrogens is 4. The molecule has 0 fully saturated rings. The largest absolute Gasteiger partial charge is 0.338 e. The van der Waals surface area contributed by atoms with Crippen molar-refractivity contribution in [2.75, 3.05) is 11.9 Å². The number of aryl methyl sites for hydroxylation is 1. The summed E-state index contributed by atoms with van der Waals surface area (Å²) in [7, 11) is 0. The van der Waals surface area contributed by atoms with Gasteiger partial charge >= 0.3 is 6.03 Å². The zero-order valence-electron chi connectivity index (χ0n) is 15.8. The Kier molecular flexibility index (Phi) is 5.99. The second-order valence-corrected chi connectivity index (χ2v) is 7.44. The quantitative estimate of drug-likeness (QED) is 0.404. The summed E-state index contributed by atoms with van der Waals surface area (Å²) in [6, 6.07) is 11.6. The highest BCUT2D eigenvalue weighted by Gasteiger charge is 2.13. The van der Waals surface area contributed by atoms with Crippen LogP contribution in [0.4, 0.5) is 14.9 Å². The normalized spacial score (nSPS) is 10.9. The molecule has 0 aliphatic rings. The Morgan fingerprint density at radius 2 is 1.97 bits per heavy atom. The lowest BCUT2D eigenvalue weighted by Gasteiger charge is -2.11. The average Bonchev–Trinajstić information content (AvgIpc) is 3.12. The number of rotatable bonds is 6. The Labute approximate surface area is 180 Å². The number of fused-ring (bicyclic) bond motifs is 1. The third kappa shape index (κ3) is 4.46. The zero-order chi connectivity index (χ0) is 20.9. The van der Waals surface area contributed by atoms with Gasteiger partial charge in [-0.15, -0.1) is 0 Å². The summed E-state index contributed by atoms with van der Waals surface area (Å²) in [6.45, 7) is 1.02. The van der Waals surface area contributed by atoms with Gasteiger partial charge in [0.1, 0.15) is 17.2 Å². The highest BCUT2D eigenvalue weighted by molar-refractivity contribution is 9.10. The molecule has 2 N–H and O–H groups in total. The molecule has 9 heteroatoms. The Bertz CT molecular complexity index is 1180. The Morgan fingerprint density at radius 1 is 1.13 bits per heavy atom. The van der Waals surface area contributed by atoms with E-state index in [4.69, 9.17) is 4.98 Å². The highest BCUT2D eigenvalue weighted by atomic mass is 79.9. The summed E-state index contributed by atoms with van der Waals surface area (Å²) in [5.74, 6) is 0.296. The third-order valence-corrected chi connectivity index (χ3v) is 4.96. The van der Waals surface area contributed by atoms with Crippen LogP contribution in [-0.2, 0) is 6.54 Å². The second kappa shape index (κ2) is 9.00. The van der Waals surface area contributed by atoms with Crippen LogP contribution < -0.4 is 10.6 Å². The van der Waals surface area contributed by atoms with Crippen molar-refractivity contribution in [1.29, 1.82) is 0 Å². The molecule has 0 aliphatic heterocycles. The molecule has 0 saturated heterocycles. The van der Waals surface area contributed by atoms with Crippen molar-refractivity contribution in [2.45, 2.75) is 13.0 Å². The lowest BCUT2D eigenvalue weighted by Crippen LogP contribution is -2.30. The van der Waals surface area contributed by atoms with Crippen molar-refractivity contribution in [3.05, 3.63) is 71.3 Å². The third-order valence-electron chi connectivity index (χ3n) is 4.47. The van der Waals surface area contributed by atoms with Gasteiger partial charge in [0.05, 0.1) is 5.69 Å². The minimum absolute atomic E-state index is 0.125. The van der Waals surface area contributed by atoms with E-state index in [1.54, 1.807) is 24.7 Å². The van der Waals surface area contributed by atoms with Gasteiger partial charge < -0.3 is 15.2 Å². The Hall–Kier alpha value is -3.33. The summed E-state index contributed by atoms with van der Waals surface area (Å²) in [4.78, 5) is 25.3. The van der Waals surface area contributed by atoms with E-state index in [1.807, 2.05) is 28.8 Å². The average molecular weight is 469 g/mol. The fourth-order valence-corrected chi connectivity index (χ4v) is 3.42. The number of imidazole rings is 1. The van der Waals surface area contributed by atoms with E-state index in [2.05, 4.69) is 36.5 Å². The molecule has 0 unspecified atom stereocenters. The van der Waals surface area contributed by atoms with E-state index in [-0.39, 0.29) is 5.69 Å². The minimum atomic E-state index is -0.502.